The highest BCUT2D eigenvalue weighted by Crippen LogP contribution is 2.17. The molecule has 6 heteroatoms. The first kappa shape index (κ1) is 16.8. The third-order valence-corrected chi connectivity index (χ3v) is 3.95. The highest BCUT2D eigenvalue weighted by Gasteiger charge is 2.11. The van der Waals surface area contributed by atoms with Gasteiger partial charge in [-0.1, -0.05) is 12.1 Å². The van der Waals surface area contributed by atoms with E-state index < -0.39 is 0 Å². The number of rotatable bonds is 7. The van der Waals surface area contributed by atoms with Crippen molar-refractivity contribution < 1.29 is 9.59 Å². The standard InChI is InChI=1S/C17H19N3O2S/c1-3-10-18-16(21)12(2)19-13-6-8-14(9-7-13)20-17(22)15-5-4-11-23-15/h3-9,11-12,19H,1,10H2,2H3,(H,18,21)(H,20,22)/t12-/m1/s1. The van der Waals surface area contributed by atoms with Crippen molar-refractivity contribution in [3.05, 3.63) is 59.3 Å². The van der Waals surface area contributed by atoms with Crippen LogP contribution >= 0.6 is 11.3 Å². The average molecular weight is 329 g/mol. The molecule has 5 nitrogen and oxygen atoms in total. The summed E-state index contributed by atoms with van der Waals surface area (Å²) in [6, 6.07) is 10.5. The fraction of sp³-hybridized carbons (Fsp3) is 0.176. The van der Waals surface area contributed by atoms with Crippen LogP contribution in [-0.2, 0) is 4.79 Å². The van der Waals surface area contributed by atoms with E-state index >= 15 is 0 Å². The van der Waals surface area contributed by atoms with Gasteiger partial charge in [0.05, 0.1) is 4.88 Å². The maximum atomic E-state index is 12.0. The molecule has 0 spiro atoms. The first-order valence-electron chi connectivity index (χ1n) is 7.20. The van der Waals surface area contributed by atoms with E-state index in [9.17, 15) is 9.59 Å². The van der Waals surface area contributed by atoms with E-state index in [1.165, 1.54) is 11.3 Å². The van der Waals surface area contributed by atoms with Gasteiger partial charge in [0.25, 0.3) is 5.91 Å². The van der Waals surface area contributed by atoms with Gasteiger partial charge in [0.1, 0.15) is 6.04 Å². The second kappa shape index (κ2) is 8.14. The van der Waals surface area contributed by atoms with Crippen molar-refractivity contribution in [1.82, 2.24) is 5.32 Å². The van der Waals surface area contributed by atoms with Gasteiger partial charge in [0.2, 0.25) is 5.91 Å². The van der Waals surface area contributed by atoms with Crippen LogP contribution in [0, 0.1) is 0 Å². The summed E-state index contributed by atoms with van der Waals surface area (Å²) in [6.07, 6.45) is 1.63. The predicted molar refractivity (Wildman–Crippen MR) is 95.0 cm³/mol. The van der Waals surface area contributed by atoms with Crippen molar-refractivity contribution in [2.45, 2.75) is 13.0 Å². The van der Waals surface area contributed by atoms with Gasteiger partial charge < -0.3 is 16.0 Å². The zero-order valence-electron chi connectivity index (χ0n) is 12.8. The third kappa shape index (κ3) is 4.96. The van der Waals surface area contributed by atoms with Gasteiger partial charge in [-0.2, -0.15) is 0 Å². The molecule has 0 saturated heterocycles. The molecule has 120 valence electrons. The molecule has 0 radical (unpaired) electrons. The van der Waals surface area contributed by atoms with E-state index in [2.05, 4.69) is 22.5 Å². The minimum atomic E-state index is -0.360. The number of carbonyl (C=O) groups excluding carboxylic acids is 2. The first-order chi connectivity index (χ1) is 11.1. The summed E-state index contributed by atoms with van der Waals surface area (Å²) in [5.41, 5.74) is 1.51. The summed E-state index contributed by atoms with van der Waals surface area (Å²) in [7, 11) is 0. The maximum Gasteiger partial charge on any atom is 0.265 e. The lowest BCUT2D eigenvalue weighted by molar-refractivity contribution is -0.121. The highest BCUT2D eigenvalue weighted by molar-refractivity contribution is 7.12. The molecule has 3 N–H and O–H groups in total. The Morgan fingerprint density at radius 3 is 2.52 bits per heavy atom. The number of thiophene rings is 1. The van der Waals surface area contributed by atoms with Crippen LogP contribution < -0.4 is 16.0 Å². The first-order valence-corrected chi connectivity index (χ1v) is 8.08. The van der Waals surface area contributed by atoms with Gasteiger partial charge in [-0.25, -0.2) is 0 Å². The van der Waals surface area contributed by atoms with Crippen molar-refractivity contribution in [2.75, 3.05) is 17.2 Å². The molecule has 1 aromatic heterocycles. The van der Waals surface area contributed by atoms with Gasteiger partial charge >= 0.3 is 0 Å². The lowest BCUT2D eigenvalue weighted by Crippen LogP contribution is -2.37. The molecule has 0 saturated carbocycles. The zero-order valence-corrected chi connectivity index (χ0v) is 13.7. The summed E-state index contributed by atoms with van der Waals surface area (Å²) in [6.45, 7) is 5.78. The van der Waals surface area contributed by atoms with Crippen molar-refractivity contribution >= 4 is 34.5 Å². The topological polar surface area (TPSA) is 70.2 Å². The molecule has 0 aliphatic rings. The molecular formula is C17H19N3O2S. The molecule has 0 fully saturated rings. The number of nitrogens with one attached hydrogen (secondary N) is 3. The molecule has 2 aromatic rings. The van der Waals surface area contributed by atoms with Crippen LogP contribution in [0.5, 0.6) is 0 Å². The Balaban J connectivity index is 1.90. The fourth-order valence-corrected chi connectivity index (χ4v) is 2.51. The number of benzene rings is 1. The monoisotopic (exact) mass is 329 g/mol. The molecule has 1 atom stereocenters. The van der Waals surface area contributed by atoms with Crippen molar-refractivity contribution in [2.24, 2.45) is 0 Å². The van der Waals surface area contributed by atoms with E-state index in [4.69, 9.17) is 0 Å². The SMILES string of the molecule is C=CCNC(=O)[C@@H](C)Nc1ccc(NC(=O)c2cccs2)cc1. The molecule has 2 rings (SSSR count). The van der Waals surface area contributed by atoms with Crippen molar-refractivity contribution in [3.63, 3.8) is 0 Å². The maximum absolute atomic E-state index is 12.0. The van der Waals surface area contributed by atoms with Crippen molar-refractivity contribution in [1.29, 1.82) is 0 Å². The van der Waals surface area contributed by atoms with Crippen molar-refractivity contribution in [3.8, 4) is 0 Å². The number of hydrogen-bond donors (Lipinski definition) is 3. The predicted octanol–water partition coefficient (Wildman–Crippen LogP) is 3.10. The molecule has 0 aliphatic carbocycles. The van der Waals surface area contributed by atoms with E-state index in [1.54, 1.807) is 31.2 Å². The Kier molecular flexibility index (Phi) is 5.94. The van der Waals surface area contributed by atoms with Gasteiger partial charge in [-0.3, -0.25) is 9.59 Å². The minimum absolute atomic E-state index is 0.0972. The summed E-state index contributed by atoms with van der Waals surface area (Å²) in [5.74, 6) is -0.224. The fourth-order valence-electron chi connectivity index (χ4n) is 1.89. The zero-order chi connectivity index (χ0) is 16.7. The van der Waals surface area contributed by atoms with Crippen LogP contribution in [0.3, 0.4) is 0 Å². The molecule has 1 heterocycles. The quantitative estimate of drug-likeness (QED) is 0.684. The minimum Gasteiger partial charge on any atom is -0.374 e. The number of carbonyl (C=O) groups is 2. The lowest BCUT2D eigenvalue weighted by Gasteiger charge is -2.15. The molecule has 23 heavy (non-hydrogen) atoms. The van der Waals surface area contributed by atoms with E-state index in [-0.39, 0.29) is 17.9 Å². The molecule has 0 unspecified atom stereocenters. The van der Waals surface area contributed by atoms with E-state index in [0.717, 1.165) is 5.69 Å². The highest BCUT2D eigenvalue weighted by atomic mass is 32.1. The number of amides is 2. The Morgan fingerprint density at radius 1 is 1.22 bits per heavy atom. The van der Waals surface area contributed by atoms with Gasteiger partial charge in [0.15, 0.2) is 0 Å². The summed E-state index contributed by atoms with van der Waals surface area (Å²) >= 11 is 1.40. The summed E-state index contributed by atoms with van der Waals surface area (Å²) in [4.78, 5) is 24.4. The molecule has 0 bridgehead atoms. The summed E-state index contributed by atoms with van der Waals surface area (Å²) in [5, 5.41) is 10.5. The Hall–Kier alpha value is -2.60. The van der Waals surface area contributed by atoms with Crippen LogP contribution in [0.15, 0.2) is 54.4 Å². The Labute approximate surface area is 139 Å². The molecular weight excluding hydrogens is 310 g/mol. The Bertz CT molecular complexity index is 666. The largest absolute Gasteiger partial charge is 0.374 e. The Morgan fingerprint density at radius 2 is 1.91 bits per heavy atom. The van der Waals surface area contributed by atoms with E-state index in [0.29, 0.717) is 17.1 Å². The molecule has 2 amide bonds. The second-order valence-corrected chi connectivity index (χ2v) is 5.86. The van der Waals surface area contributed by atoms with Crippen LogP contribution in [0.25, 0.3) is 0 Å². The van der Waals surface area contributed by atoms with Crippen LogP contribution in [0.4, 0.5) is 11.4 Å². The molecule has 0 aliphatic heterocycles. The normalized spacial score (nSPS) is 11.3. The van der Waals surface area contributed by atoms with Crippen LogP contribution in [0.2, 0.25) is 0 Å². The number of hydrogen-bond acceptors (Lipinski definition) is 4. The van der Waals surface area contributed by atoms with Gasteiger partial charge in [-0.05, 0) is 42.6 Å². The van der Waals surface area contributed by atoms with Gasteiger partial charge in [-0.15, -0.1) is 17.9 Å². The second-order valence-electron chi connectivity index (χ2n) is 4.91. The van der Waals surface area contributed by atoms with Crippen LogP contribution in [-0.4, -0.2) is 24.4 Å². The third-order valence-electron chi connectivity index (χ3n) is 3.08. The average Bonchev–Trinajstić information content (AvgIpc) is 3.09. The summed E-state index contributed by atoms with van der Waals surface area (Å²) < 4.78 is 0. The smallest absolute Gasteiger partial charge is 0.265 e. The van der Waals surface area contributed by atoms with Gasteiger partial charge in [0, 0.05) is 17.9 Å². The van der Waals surface area contributed by atoms with Crippen LogP contribution in [0.1, 0.15) is 16.6 Å². The lowest BCUT2D eigenvalue weighted by atomic mass is 10.2. The van der Waals surface area contributed by atoms with E-state index in [1.807, 2.05) is 23.6 Å². The molecule has 1 aromatic carbocycles. The number of anilines is 2.